The van der Waals surface area contributed by atoms with Gasteiger partial charge in [-0.05, 0) is 30.9 Å². The van der Waals surface area contributed by atoms with Crippen molar-refractivity contribution in [2.45, 2.75) is 25.8 Å². The lowest BCUT2D eigenvalue weighted by Crippen LogP contribution is -2.17. The van der Waals surface area contributed by atoms with E-state index in [9.17, 15) is 0 Å². The molecule has 1 aromatic rings. The fraction of sp³-hybridized carbons (Fsp3) is 0.500. The predicted molar refractivity (Wildman–Crippen MR) is 59.4 cm³/mol. The number of benzene rings is 1. The summed E-state index contributed by atoms with van der Waals surface area (Å²) in [5.41, 5.74) is 8.35. The van der Waals surface area contributed by atoms with E-state index in [-0.39, 0.29) is 6.04 Å². The van der Waals surface area contributed by atoms with Gasteiger partial charge in [0, 0.05) is 13.2 Å². The van der Waals surface area contributed by atoms with Crippen LogP contribution < -0.4 is 5.73 Å². The minimum Gasteiger partial charge on any atom is -0.384 e. The number of rotatable bonds is 5. The summed E-state index contributed by atoms with van der Waals surface area (Å²) < 4.78 is 5.02. The quantitative estimate of drug-likeness (QED) is 0.773. The Balaban J connectivity index is 2.50. The first-order chi connectivity index (χ1) is 6.72. The largest absolute Gasteiger partial charge is 0.384 e. The zero-order valence-corrected chi connectivity index (χ0v) is 8.99. The molecule has 0 radical (unpaired) electrons. The zero-order chi connectivity index (χ0) is 10.4. The number of methoxy groups -OCH3 is 1. The summed E-state index contributed by atoms with van der Waals surface area (Å²) in [6, 6.07) is 8.83. The fourth-order valence-electron chi connectivity index (χ4n) is 1.43. The van der Waals surface area contributed by atoms with Crippen molar-refractivity contribution in [2.75, 3.05) is 13.7 Å². The van der Waals surface area contributed by atoms with Crippen LogP contribution in [0.25, 0.3) is 0 Å². The molecule has 0 spiro atoms. The molecule has 14 heavy (non-hydrogen) atoms. The maximum absolute atomic E-state index is 5.72. The van der Waals surface area contributed by atoms with Gasteiger partial charge in [0.1, 0.15) is 0 Å². The topological polar surface area (TPSA) is 35.2 Å². The Morgan fingerprint density at radius 3 is 2.29 bits per heavy atom. The summed E-state index contributed by atoms with van der Waals surface area (Å²) in [4.78, 5) is 0. The summed E-state index contributed by atoms with van der Waals surface area (Å²) in [7, 11) is 1.73. The van der Waals surface area contributed by atoms with Gasteiger partial charge in [0.15, 0.2) is 0 Å². The van der Waals surface area contributed by atoms with Gasteiger partial charge >= 0.3 is 0 Å². The van der Waals surface area contributed by atoms with Gasteiger partial charge in [0.25, 0.3) is 0 Å². The van der Waals surface area contributed by atoms with Gasteiger partial charge in [-0.3, -0.25) is 0 Å². The summed E-state index contributed by atoms with van der Waals surface area (Å²) in [5.74, 6) is 0. The molecule has 1 unspecified atom stereocenters. The summed E-state index contributed by atoms with van der Waals surface area (Å²) >= 11 is 0. The standard InChI is InChI=1S/C12H19NO/c1-10(13)9-12-5-3-11(4-6-12)7-8-14-2/h3-6,10H,7-9,13H2,1-2H3. The van der Waals surface area contributed by atoms with Gasteiger partial charge in [0.05, 0.1) is 6.61 Å². The molecule has 0 amide bonds. The first-order valence-electron chi connectivity index (χ1n) is 5.04. The molecule has 1 rings (SSSR count). The van der Waals surface area contributed by atoms with E-state index in [0.29, 0.717) is 0 Å². The van der Waals surface area contributed by atoms with Crippen molar-refractivity contribution in [3.8, 4) is 0 Å². The monoisotopic (exact) mass is 193 g/mol. The van der Waals surface area contributed by atoms with E-state index < -0.39 is 0 Å². The van der Waals surface area contributed by atoms with Gasteiger partial charge in [-0.15, -0.1) is 0 Å². The second-order valence-corrected chi connectivity index (χ2v) is 3.74. The molecule has 0 aromatic heterocycles. The third-order valence-electron chi connectivity index (χ3n) is 2.18. The van der Waals surface area contributed by atoms with E-state index in [4.69, 9.17) is 10.5 Å². The Morgan fingerprint density at radius 1 is 1.21 bits per heavy atom. The van der Waals surface area contributed by atoms with E-state index >= 15 is 0 Å². The molecule has 78 valence electrons. The average Bonchev–Trinajstić information content (AvgIpc) is 2.16. The third-order valence-corrected chi connectivity index (χ3v) is 2.18. The highest BCUT2D eigenvalue weighted by Gasteiger charge is 1.98. The van der Waals surface area contributed by atoms with Crippen LogP contribution in [0, 0.1) is 0 Å². The zero-order valence-electron chi connectivity index (χ0n) is 8.99. The second kappa shape index (κ2) is 5.78. The van der Waals surface area contributed by atoms with Crippen LogP contribution in [-0.2, 0) is 17.6 Å². The van der Waals surface area contributed by atoms with Crippen LogP contribution in [0.5, 0.6) is 0 Å². The van der Waals surface area contributed by atoms with E-state index in [1.165, 1.54) is 11.1 Å². The Bertz CT molecular complexity index is 254. The highest BCUT2D eigenvalue weighted by Crippen LogP contribution is 2.06. The van der Waals surface area contributed by atoms with Gasteiger partial charge in [0.2, 0.25) is 0 Å². The van der Waals surface area contributed by atoms with E-state index in [0.717, 1.165) is 19.4 Å². The highest BCUT2D eigenvalue weighted by atomic mass is 16.5. The predicted octanol–water partition coefficient (Wildman–Crippen LogP) is 1.77. The van der Waals surface area contributed by atoms with Crippen molar-refractivity contribution in [3.05, 3.63) is 35.4 Å². The van der Waals surface area contributed by atoms with Crippen molar-refractivity contribution in [1.29, 1.82) is 0 Å². The van der Waals surface area contributed by atoms with Gasteiger partial charge in [-0.25, -0.2) is 0 Å². The summed E-state index contributed by atoms with van der Waals surface area (Å²) in [6.45, 7) is 2.81. The molecule has 0 aliphatic heterocycles. The molecule has 0 aliphatic rings. The normalized spacial score (nSPS) is 12.8. The maximum Gasteiger partial charge on any atom is 0.0502 e. The fourth-order valence-corrected chi connectivity index (χ4v) is 1.43. The van der Waals surface area contributed by atoms with Crippen LogP contribution in [0.4, 0.5) is 0 Å². The molecule has 2 heteroatoms. The molecule has 2 N–H and O–H groups in total. The number of ether oxygens (including phenoxy) is 1. The van der Waals surface area contributed by atoms with E-state index in [2.05, 4.69) is 24.3 Å². The first-order valence-corrected chi connectivity index (χ1v) is 5.04. The Hall–Kier alpha value is -0.860. The van der Waals surface area contributed by atoms with Crippen LogP contribution in [0.15, 0.2) is 24.3 Å². The molecule has 1 atom stereocenters. The van der Waals surface area contributed by atoms with Crippen LogP contribution in [0.3, 0.4) is 0 Å². The minimum absolute atomic E-state index is 0.236. The van der Waals surface area contributed by atoms with E-state index in [1.807, 2.05) is 6.92 Å². The average molecular weight is 193 g/mol. The molecule has 0 bridgehead atoms. The number of hydrogen-bond acceptors (Lipinski definition) is 2. The lowest BCUT2D eigenvalue weighted by Gasteiger charge is -2.06. The van der Waals surface area contributed by atoms with Crippen molar-refractivity contribution < 1.29 is 4.74 Å². The van der Waals surface area contributed by atoms with Crippen LogP contribution in [0.1, 0.15) is 18.1 Å². The molecule has 0 heterocycles. The molecule has 0 saturated carbocycles. The van der Waals surface area contributed by atoms with Crippen LogP contribution in [0.2, 0.25) is 0 Å². The third kappa shape index (κ3) is 3.90. The minimum atomic E-state index is 0.236. The smallest absolute Gasteiger partial charge is 0.0502 e. The molecule has 2 nitrogen and oxygen atoms in total. The van der Waals surface area contributed by atoms with Gasteiger partial charge in [-0.1, -0.05) is 24.3 Å². The Labute approximate surface area is 86.1 Å². The van der Waals surface area contributed by atoms with Crippen molar-refractivity contribution in [1.82, 2.24) is 0 Å². The van der Waals surface area contributed by atoms with Crippen LogP contribution >= 0.6 is 0 Å². The van der Waals surface area contributed by atoms with Crippen molar-refractivity contribution in [2.24, 2.45) is 5.73 Å². The van der Waals surface area contributed by atoms with Crippen LogP contribution in [-0.4, -0.2) is 19.8 Å². The molecule has 0 saturated heterocycles. The van der Waals surface area contributed by atoms with E-state index in [1.54, 1.807) is 7.11 Å². The molecule has 0 aliphatic carbocycles. The lowest BCUT2D eigenvalue weighted by atomic mass is 10.0. The summed E-state index contributed by atoms with van der Waals surface area (Å²) in [5, 5.41) is 0. The van der Waals surface area contributed by atoms with Gasteiger partial charge < -0.3 is 10.5 Å². The first kappa shape index (κ1) is 11.2. The van der Waals surface area contributed by atoms with Crippen molar-refractivity contribution in [3.63, 3.8) is 0 Å². The second-order valence-electron chi connectivity index (χ2n) is 3.74. The Kier molecular flexibility index (Phi) is 4.63. The van der Waals surface area contributed by atoms with Gasteiger partial charge in [-0.2, -0.15) is 0 Å². The number of nitrogens with two attached hydrogens (primary N) is 1. The molecule has 0 fully saturated rings. The molecular formula is C12H19NO. The highest BCUT2D eigenvalue weighted by molar-refractivity contribution is 5.23. The molecular weight excluding hydrogens is 174 g/mol. The SMILES string of the molecule is COCCc1ccc(CC(C)N)cc1. The number of hydrogen-bond donors (Lipinski definition) is 1. The molecule has 1 aromatic carbocycles. The maximum atomic E-state index is 5.72. The lowest BCUT2D eigenvalue weighted by molar-refractivity contribution is 0.202. The van der Waals surface area contributed by atoms with Crippen molar-refractivity contribution >= 4 is 0 Å². The Morgan fingerprint density at radius 2 is 1.79 bits per heavy atom. The summed E-state index contributed by atoms with van der Waals surface area (Å²) in [6.07, 6.45) is 1.93.